The molecule has 0 aromatic carbocycles. The van der Waals surface area contributed by atoms with Gasteiger partial charge in [0.05, 0.1) is 6.61 Å². The van der Waals surface area contributed by atoms with E-state index in [9.17, 15) is 10.1 Å². The number of imidazole rings is 1. The molecule has 78 valence electrons. The normalized spacial score (nSPS) is 10.4. The van der Waals surface area contributed by atoms with Gasteiger partial charge < -0.3 is 19.4 Å². The average Bonchev–Trinajstić information content (AvgIpc) is 2.49. The molecule has 0 unspecified atom stereocenters. The van der Waals surface area contributed by atoms with Gasteiger partial charge in [0, 0.05) is 20.1 Å². The van der Waals surface area contributed by atoms with E-state index in [1.165, 1.54) is 6.20 Å². The van der Waals surface area contributed by atoms with Gasteiger partial charge in [0.15, 0.2) is 0 Å². The quantitative estimate of drug-likeness (QED) is 0.405. The number of aryl methyl sites for hydroxylation is 1. The lowest BCUT2D eigenvalue weighted by Gasteiger charge is -2.01. The molecule has 0 aliphatic heterocycles. The maximum atomic E-state index is 10.4. The fourth-order valence-corrected chi connectivity index (χ4v) is 1.11. The summed E-state index contributed by atoms with van der Waals surface area (Å²) in [5, 5.41) is 10.4. The van der Waals surface area contributed by atoms with Gasteiger partial charge in [0.1, 0.15) is 6.20 Å². The second-order valence-corrected chi connectivity index (χ2v) is 2.79. The van der Waals surface area contributed by atoms with Crippen molar-refractivity contribution in [2.45, 2.75) is 20.4 Å². The van der Waals surface area contributed by atoms with Crippen molar-refractivity contribution < 1.29 is 9.66 Å². The van der Waals surface area contributed by atoms with Crippen LogP contribution < -0.4 is 0 Å². The van der Waals surface area contributed by atoms with E-state index >= 15 is 0 Å². The molecule has 14 heavy (non-hydrogen) atoms. The van der Waals surface area contributed by atoms with Gasteiger partial charge in [0.2, 0.25) is 5.82 Å². The van der Waals surface area contributed by atoms with E-state index in [0.29, 0.717) is 25.6 Å². The lowest BCUT2D eigenvalue weighted by molar-refractivity contribution is -0.389. The topological polar surface area (TPSA) is 70.2 Å². The van der Waals surface area contributed by atoms with Gasteiger partial charge in [-0.05, 0) is 16.8 Å². The van der Waals surface area contributed by atoms with E-state index in [1.54, 1.807) is 11.5 Å². The molecule has 0 atom stereocenters. The molecule has 0 saturated carbocycles. The molecule has 0 amide bonds. The Hall–Kier alpha value is -1.43. The molecule has 6 heteroatoms. The minimum absolute atomic E-state index is 0.112. The molecule has 1 heterocycles. The number of hydrogen-bond donors (Lipinski definition) is 0. The molecule has 0 saturated heterocycles. The van der Waals surface area contributed by atoms with Gasteiger partial charge in [-0.2, -0.15) is 0 Å². The molecule has 0 spiro atoms. The van der Waals surface area contributed by atoms with Crippen LogP contribution in [0.2, 0.25) is 0 Å². The van der Waals surface area contributed by atoms with Crippen LogP contribution in [-0.4, -0.2) is 27.7 Å². The second kappa shape index (κ2) is 4.71. The van der Waals surface area contributed by atoms with E-state index in [1.807, 2.05) is 6.92 Å². The first-order valence-electron chi connectivity index (χ1n) is 4.41. The van der Waals surface area contributed by atoms with Gasteiger partial charge in [-0.15, -0.1) is 0 Å². The zero-order valence-corrected chi connectivity index (χ0v) is 8.27. The molecule has 0 aliphatic carbocycles. The van der Waals surface area contributed by atoms with Gasteiger partial charge in [-0.1, -0.05) is 0 Å². The van der Waals surface area contributed by atoms with Crippen LogP contribution in [0.5, 0.6) is 0 Å². The number of ether oxygens (including phenoxy) is 1. The minimum atomic E-state index is -0.496. The Kier molecular flexibility index (Phi) is 3.58. The predicted octanol–water partition coefficient (Wildman–Crippen LogP) is 1.14. The molecule has 6 nitrogen and oxygen atoms in total. The van der Waals surface area contributed by atoms with Crippen LogP contribution in [0.1, 0.15) is 12.7 Å². The summed E-state index contributed by atoms with van der Waals surface area (Å²) in [6.07, 6.45) is 1.42. The third-order valence-corrected chi connectivity index (χ3v) is 1.83. The number of rotatable bonds is 5. The smallest absolute Gasteiger partial charge is 0.380 e. The summed E-state index contributed by atoms with van der Waals surface area (Å²) in [4.78, 5) is 13.7. The fourth-order valence-electron chi connectivity index (χ4n) is 1.11. The molecule has 0 aliphatic rings. The Morgan fingerprint density at radius 3 is 2.93 bits per heavy atom. The summed E-state index contributed by atoms with van der Waals surface area (Å²) in [5.74, 6) is 0.524. The molecule has 0 bridgehead atoms. The van der Waals surface area contributed by atoms with Crippen LogP contribution >= 0.6 is 0 Å². The van der Waals surface area contributed by atoms with Crippen molar-refractivity contribution in [3.63, 3.8) is 0 Å². The minimum Gasteiger partial charge on any atom is -0.380 e. The number of nitrogens with zero attached hydrogens (tertiary/aromatic N) is 3. The van der Waals surface area contributed by atoms with Gasteiger partial charge in [0.25, 0.3) is 0 Å². The molecule has 0 N–H and O–H groups in total. The van der Waals surface area contributed by atoms with Crippen molar-refractivity contribution in [1.29, 1.82) is 0 Å². The van der Waals surface area contributed by atoms with Crippen LogP contribution in [0.3, 0.4) is 0 Å². The molecular weight excluding hydrogens is 186 g/mol. The number of aromatic nitrogens is 2. The molecule has 0 fully saturated rings. The lowest BCUT2D eigenvalue weighted by atomic mass is 10.6. The van der Waals surface area contributed by atoms with Crippen molar-refractivity contribution >= 4 is 5.82 Å². The lowest BCUT2D eigenvalue weighted by Crippen LogP contribution is -2.06. The molecule has 1 rings (SSSR count). The van der Waals surface area contributed by atoms with E-state index in [-0.39, 0.29) is 5.82 Å². The fraction of sp³-hybridized carbons (Fsp3) is 0.625. The SMILES string of the molecule is CCOCCn1cc([N+](=O)[O-])nc1C. The summed E-state index contributed by atoms with van der Waals surface area (Å²) in [6, 6.07) is 0. The largest absolute Gasteiger partial charge is 0.381 e. The van der Waals surface area contributed by atoms with Crippen molar-refractivity contribution in [1.82, 2.24) is 9.55 Å². The Morgan fingerprint density at radius 1 is 1.71 bits per heavy atom. The number of hydrogen-bond acceptors (Lipinski definition) is 4. The maximum Gasteiger partial charge on any atom is 0.381 e. The van der Waals surface area contributed by atoms with Crippen LogP contribution in [0, 0.1) is 17.0 Å². The standard InChI is InChI=1S/C8H13N3O3/c1-3-14-5-4-10-6-8(11(12)13)9-7(10)2/h6H,3-5H2,1-2H3. The van der Waals surface area contributed by atoms with Crippen LogP contribution in [0.4, 0.5) is 5.82 Å². The van der Waals surface area contributed by atoms with E-state index in [2.05, 4.69) is 4.98 Å². The van der Waals surface area contributed by atoms with Crippen molar-refractivity contribution in [3.8, 4) is 0 Å². The average molecular weight is 199 g/mol. The molecule has 1 aromatic rings. The summed E-state index contributed by atoms with van der Waals surface area (Å²) in [7, 11) is 0. The predicted molar refractivity (Wildman–Crippen MR) is 50.1 cm³/mol. The first kappa shape index (κ1) is 10.6. The molecule has 0 radical (unpaired) electrons. The van der Waals surface area contributed by atoms with E-state index < -0.39 is 4.92 Å². The van der Waals surface area contributed by atoms with Crippen molar-refractivity contribution in [2.75, 3.05) is 13.2 Å². The monoisotopic (exact) mass is 199 g/mol. The van der Waals surface area contributed by atoms with Crippen LogP contribution in [0.15, 0.2) is 6.20 Å². The Labute approximate surface area is 81.7 Å². The third kappa shape index (κ3) is 2.53. The first-order chi connectivity index (χ1) is 6.65. The maximum absolute atomic E-state index is 10.4. The highest BCUT2D eigenvalue weighted by atomic mass is 16.6. The van der Waals surface area contributed by atoms with Gasteiger partial charge in [-0.25, -0.2) is 0 Å². The Bertz CT molecular complexity index is 322. The molecule has 1 aromatic heterocycles. The van der Waals surface area contributed by atoms with E-state index in [4.69, 9.17) is 4.74 Å². The van der Waals surface area contributed by atoms with Crippen molar-refractivity contribution in [3.05, 3.63) is 22.1 Å². The number of nitro groups is 1. The van der Waals surface area contributed by atoms with E-state index in [0.717, 1.165) is 0 Å². The van der Waals surface area contributed by atoms with Crippen LogP contribution in [0.25, 0.3) is 0 Å². The third-order valence-electron chi connectivity index (χ3n) is 1.83. The van der Waals surface area contributed by atoms with Crippen molar-refractivity contribution in [2.24, 2.45) is 0 Å². The Balaban J connectivity index is 2.63. The highest BCUT2D eigenvalue weighted by molar-refractivity contribution is 5.16. The summed E-state index contributed by atoms with van der Waals surface area (Å²) in [6.45, 7) is 5.43. The van der Waals surface area contributed by atoms with Gasteiger partial charge >= 0.3 is 5.82 Å². The highest BCUT2D eigenvalue weighted by Gasteiger charge is 2.14. The molecular formula is C8H13N3O3. The Morgan fingerprint density at radius 2 is 2.43 bits per heavy atom. The van der Waals surface area contributed by atoms with Gasteiger partial charge in [-0.3, -0.25) is 0 Å². The zero-order valence-electron chi connectivity index (χ0n) is 8.27. The zero-order chi connectivity index (χ0) is 10.6. The summed E-state index contributed by atoms with van der Waals surface area (Å²) in [5.41, 5.74) is 0. The van der Waals surface area contributed by atoms with Crippen LogP contribution in [-0.2, 0) is 11.3 Å². The highest BCUT2D eigenvalue weighted by Crippen LogP contribution is 2.09. The first-order valence-corrected chi connectivity index (χ1v) is 4.41. The summed E-state index contributed by atoms with van der Waals surface area (Å²) >= 11 is 0. The summed E-state index contributed by atoms with van der Waals surface area (Å²) < 4.78 is 6.86. The second-order valence-electron chi connectivity index (χ2n) is 2.79.